The molecule has 0 aliphatic rings. The van der Waals surface area contributed by atoms with E-state index in [2.05, 4.69) is 16.6 Å². The highest BCUT2D eigenvalue weighted by molar-refractivity contribution is 5.87. The fourth-order valence-electron chi connectivity index (χ4n) is 2.61. The first-order valence-electron chi connectivity index (χ1n) is 7.59. The van der Waals surface area contributed by atoms with Crippen molar-refractivity contribution in [3.63, 3.8) is 0 Å². The van der Waals surface area contributed by atoms with Gasteiger partial charge in [0.1, 0.15) is 0 Å². The first-order chi connectivity index (χ1) is 11.8. The van der Waals surface area contributed by atoms with E-state index in [4.69, 9.17) is 9.47 Å². The number of benzene rings is 2. The molecular formula is C19H19N3O2. The summed E-state index contributed by atoms with van der Waals surface area (Å²) in [7, 11) is 3.23. The van der Waals surface area contributed by atoms with Gasteiger partial charge in [0.05, 0.1) is 25.3 Å². The van der Waals surface area contributed by atoms with Crippen LogP contribution in [0, 0.1) is 0 Å². The van der Waals surface area contributed by atoms with Gasteiger partial charge in [-0.25, -0.2) is 9.98 Å². The molecule has 3 rings (SSSR count). The van der Waals surface area contributed by atoms with E-state index in [-0.39, 0.29) is 0 Å². The Balaban J connectivity index is 2.05. The van der Waals surface area contributed by atoms with E-state index in [9.17, 15) is 0 Å². The standard InChI is InChI=1S/C19H19N3O2/c1-4-12-22-16-10-6-5-9-15(16)21-19(22)20-13-14-8-7-11-17(23-2)18(14)24-3/h4-11,13H,1,12H2,2-3H3. The molecule has 2 aromatic carbocycles. The van der Waals surface area contributed by atoms with Gasteiger partial charge in [-0.1, -0.05) is 24.3 Å². The second-order valence-corrected chi connectivity index (χ2v) is 5.14. The molecule has 122 valence electrons. The Bertz CT molecular complexity index is 897. The smallest absolute Gasteiger partial charge is 0.230 e. The number of allylic oxidation sites excluding steroid dienone is 1. The Morgan fingerprint density at radius 3 is 2.71 bits per heavy atom. The Morgan fingerprint density at radius 2 is 1.96 bits per heavy atom. The number of rotatable bonds is 6. The van der Waals surface area contributed by atoms with E-state index in [0.717, 1.165) is 16.6 Å². The van der Waals surface area contributed by atoms with Gasteiger partial charge in [-0.15, -0.1) is 6.58 Å². The molecule has 5 heteroatoms. The molecule has 0 saturated carbocycles. The molecule has 0 N–H and O–H groups in total. The molecule has 0 atom stereocenters. The number of aliphatic imine (C=N–C) groups is 1. The van der Waals surface area contributed by atoms with Crippen LogP contribution in [0.15, 0.2) is 60.1 Å². The summed E-state index contributed by atoms with van der Waals surface area (Å²) >= 11 is 0. The molecule has 0 aliphatic carbocycles. The minimum atomic E-state index is 0.626. The van der Waals surface area contributed by atoms with Crippen molar-refractivity contribution in [2.75, 3.05) is 14.2 Å². The van der Waals surface area contributed by atoms with E-state index < -0.39 is 0 Å². The van der Waals surface area contributed by atoms with Crippen molar-refractivity contribution in [1.29, 1.82) is 0 Å². The molecular weight excluding hydrogens is 302 g/mol. The lowest BCUT2D eigenvalue weighted by molar-refractivity contribution is 0.354. The van der Waals surface area contributed by atoms with Crippen LogP contribution >= 0.6 is 0 Å². The molecule has 0 amide bonds. The number of imidazole rings is 1. The van der Waals surface area contributed by atoms with Crippen molar-refractivity contribution >= 4 is 23.2 Å². The van der Waals surface area contributed by atoms with Crippen LogP contribution in [0.25, 0.3) is 11.0 Å². The molecule has 0 aliphatic heterocycles. The normalized spacial score (nSPS) is 11.1. The number of fused-ring (bicyclic) bond motifs is 1. The molecule has 1 aromatic heterocycles. The first-order valence-corrected chi connectivity index (χ1v) is 7.59. The van der Waals surface area contributed by atoms with Crippen molar-refractivity contribution in [1.82, 2.24) is 9.55 Å². The summed E-state index contributed by atoms with van der Waals surface area (Å²) in [5, 5.41) is 0. The molecule has 1 heterocycles. The molecule has 3 aromatic rings. The number of aromatic nitrogens is 2. The largest absolute Gasteiger partial charge is 0.493 e. The van der Waals surface area contributed by atoms with E-state index in [1.807, 2.05) is 53.1 Å². The van der Waals surface area contributed by atoms with Crippen molar-refractivity contribution in [3.05, 3.63) is 60.7 Å². The highest BCUT2D eigenvalue weighted by atomic mass is 16.5. The first kappa shape index (κ1) is 15.8. The number of hydrogen-bond acceptors (Lipinski definition) is 4. The topological polar surface area (TPSA) is 48.6 Å². The summed E-state index contributed by atoms with van der Waals surface area (Å²) in [5.74, 6) is 1.94. The lowest BCUT2D eigenvalue weighted by Gasteiger charge is -2.09. The van der Waals surface area contributed by atoms with Crippen LogP contribution in [0.3, 0.4) is 0 Å². The Labute approximate surface area is 140 Å². The molecule has 24 heavy (non-hydrogen) atoms. The molecule has 0 unspecified atom stereocenters. The minimum absolute atomic E-state index is 0.626. The van der Waals surface area contributed by atoms with Crippen molar-refractivity contribution in [2.24, 2.45) is 4.99 Å². The molecule has 0 bridgehead atoms. The third-order valence-electron chi connectivity index (χ3n) is 3.70. The zero-order valence-electron chi connectivity index (χ0n) is 13.8. The van der Waals surface area contributed by atoms with E-state index in [0.29, 0.717) is 24.0 Å². The van der Waals surface area contributed by atoms with Crippen LogP contribution in [0.1, 0.15) is 5.56 Å². The average molecular weight is 321 g/mol. The number of para-hydroxylation sites is 3. The average Bonchev–Trinajstić information content (AvgIpc) is 2.97. The minimum Gasteiger partial charge on any atom is -0.493 e. The summed E-state index contributed by atoms with van der Waals surface area (Å²) in [6.45, 7) is 4.46. The Kier molecular flexibility index (Phi) is 4.61. The van der Waals surface area contributed by atoms with Crippen LogP contribution in [0.2, 0.25) is 0 Å². The number of hydrogen-bond donors (Lipinski definition) is 0. The summed E-state index contributed by atoms with van der Waals surface area (Å²) in [6.07, 6.45) is 3.57. The van der Waals surface area contributed by atoms with Gasteiger partial charge in [0.2, 0.25) is 5.95 Å². The fraction of sp³-hybridized carbons (Fsp3) is 0.158. The maximum atomic E-state index is 5.43. The highest BCUT2D eigenvalue weighted by Crippen LogP contribution is 2.30. The van der Waals surface area contributed by atoms with Gasteiger partial charge in [-0.3, -0.25) is 0 Å². The predicted molar refractivity (Wildman–Crippen MR) is 96.7 cm³/mol. The summed E-state index contributed by atoms with van der Waals surface area (Å²) < 4.78 is 12.8. The highest BCUT2D eigenvalue weighted by Gasteiger charge is 2.10. The lowest BCUT2D eigenvalue weighted by atomic mass is 10.2. The van der Waals surface area contributed by atoms with Crippen LogP contribution in [0.4, 0.5) is 5.95 Å². The zero-order valence-corrected chi connectivity index (χ0v) is 13.8. The maximum absolute atomic E-state index is 5.43. The van der Waals surface area contributed by atoms with Crippen LogP contribution in [0.5, 0.6) is 11.5 Å². The maximum Gasteiger partial charge on any atom is 0.230 e. The summed E-state index contributed by atoms with van der Waals surface area (Å²) in [4.78, 5) is 9.15. The number of ether oxygens (including phenoxy) is 2. The lowest BCUT2D eigenvalue weighted by Crippen LogP contribution is -1.96. The van der Waals surface area contributed by atoms with Crippen LogP contribution in [-0.2, 0) is 6.54 Å². The van der Waals surface area contributed by atoms with Gasteiger partial charge in [0, 0.05) is 18.3 Å². The van der Waals surface area contributed by atoms with Crippen LogP contribution in [-0.4, -0.2) is 30.0 Å². The second kappa shape index (κ2) is 7.00. The number of methoxy groups -OCH3 is 2. The Morgan fingerprint density at radius 1 is 1.12 bits per heavy atom. The third kappa shape index (κ3) is 2.88. The molecule has 0 radical (unpaired) electrons. The van der Waals surface area contributed by atoms with E-state index >= 15 is 0 Å². The van der Waals surface area contributed by atoms with E-state index in [1.165, 1.54) is 0 Å². The van der Waals surface area contributed by atoms with E-state index in [1.54, 1.807) is 20.4 Å². The fourth-order valence-corrected chi connectivity index (χ4v) is 2.61. The molecule has 0 saturated heterocycles. The van der Waals surface area contributed by atoms with Gasteiger partial charge >= 0.3 is 0 Å². The quantitative estimate of drug-likeness (QED) is 0.509. The van der Waals surface area contributed by atoms with Gasteiger partial charge in [0.15, 0.2) is 11.5 Å². The Hall–Kier alpha value is -3.08. The zero-order chi connectivity index (χ0) is 16.9. The van der Waals surface area contributed by atoms with Gasteiger partial charge in [0.25, 0.3) is 0 Å². The van der Waals surface area contributed by atoms with Gasteiger partial charge in [-0.2, -0.15) is 0 Å². The monoisotopic (exact) mass is 321 g/mol. The van der Waals surface area contributed by atoms with Crippen LogP contribution < -0.4 is 9.47 Å². The predicted octanol–water partition coefficient (Wildman–Crippen LogP) is 3.99. The van der Waals surface area contributed by atoms with Crippen molar-refractivity contribution in [2.45, 2.75) is 6.54 Å². The summed E-state index contributed by atoms with van der Waals surface area (Å²) in [5.41, 5.74) is 2.76. The second-order valence-electron chi connectivity index (χ2n) is 5.14. The number of nitrogens with zero attached hydrogens (tertiary/aromatic N) is 3. The summed E-state index contributed by atoms with van der Waals surface area (Å²) in [6, 6.07) is 13.6. The molecule has 0 fully saturated rings. The SMILES string of the molecule is C=CCn1c(N=Cc2cccc(OC)c2OC)nc2ccccc21. The van der Waals surface area contributed by atoms with Crippen molar-refractivity contribution in [3.8, 4) is 11.5 Å². The van der Waals surface area contributed by atoms with Gasteiger partial charge < -0.3 is 14.0 Å². The molecule has 0 spiro atoms. The third-order valence-corrected chi connectivity index (χ3v) is 3.70. The van der Waals surface area contributed by atoms with Crippen molar-refractivity contribution < 1.29 is 9.47 Å². The van der Waals surface area contributed by atoms with Gasteiger partial charge in [-0.05, 0) is 24.3 Å². The molecule has 5 nitrogen and oxygen atoms in total.